The molecule has 3 rings (SSSR count). The third-order valence-corrected chi connectivity index (χ3v) is 4.55. The Morgan fingerprint density at radius 1 is 1.12 bits per heavy atom. The van der Waals surface area contributed by atoms with Crippen molar-refractivity contribution < 1.29 is 5.11 Å². The summed E-state index contributed by atoms with van der Waals surface area (Å²) in [5.41, 5.74) is 0.918. The molecular formula is C15H21NO. The van der Waals surface area contributed by atoms with Gasteiger partial charge in [-0.05, 0) is 31.4 Å². The van der Waals surface area contributed by atoms with E-state index < -0.39 is 5.60 Å². The standard InChI is InChI=1S/C15H21NO/c17-15-9-5-4-8-13(15)14(16-11-10-15)12-6-2-1-3-7-12/h1-3,6-7,13-14,16-17H,4-5,8-11H2/t13-,14+,15-/m0/s1. The van der Waals surface area contributed by atoms with Crippen LogP contribution in [0.3, 0.4) is 0 Å². The Bertz CT molecular complexity index is 374. The predicted octanol–water partition coefficient (Wildman–Crippen LogP) is 2.64. The second-order valence-corrected chi connectivity index (χ2v) is 5.55. The van der Waals surface area contributed by atoms with Gasteiger partial charge in [-0.3, -0.25) is 0 Å². The molecule has 0 amide bonds. The Morgan fingerprint density at radius 2 is 1.94 bits per heavy atom. The van der Waals surface area contributed by atoms with Crippen LogP contribution in [-0.4, -0.2) is 17.3 Å². The van der Waals surface area contributed by atoms with Crippen LogP contribution in [0.4, 0.5) is 0 Å². The Kier molecular flexibility index (Phi) is 2.93. The Morgan fingerprint density at radius 3 is 2.76 bits per heavy atom. The Hall–Kier alpha value is -0.860. The maximum Gasteiger partial charge on any atom is 0.0706 e. The first-order valence-corrected chi connectivity index (χ1v) is 6.80. The van der Waals surface area contributed by atoms with E-state index >= 15 is 0 Å². The molecule has 92 valence electrons. The van der Waals surface area contributed by atoms with E-state index in [2.05, 4.69) is 35.6 Å². The van der Waals surface area contributed by atoms with Gasteiger partial charge in [0.15, 0.2) is 0 Å². The lowest BCUT2D eigenvalue weighted by molar-refractivity contribution is -0.0861. The number of fused-ring (bicyclic) bond motifs is 1. The van der Waals surface area contributed by atoms with Crippen molar-refractivity contribution in [3.05, 3.63) is 35.9 Å². The lowest BCUT2D eigenvalue weighted by Crippen LogP contribution is -2.53. The van der Waals surface area contributed by atoms with Crippen molar-refractivity contribution in [2.24, 2.45) is 5.92 Å². The van der Waals surface area contributed by atoms with Crippen LogP contribution < -0.4 is 5.32 Å². The molecule has 0 spiro atoms. The summed E-state index contributed by atoms with van der Waals surface area (Å²) in [6.07, 6.45) is 5.51. The molecular weight excluding hydrogens is 210 g/mol. The third kappa shape index (κ3) is 2.00. The molecule has 1 saturated heterocycles. The second-order valence-electron chi connectivity index (χ2n) is 5.55. The lowest BCUT2D eigenvalue weighted by Gasteiger charge is -2.48. The van der Waals surface area contributed by atoms with Gasteiger partial charge in [-0.2, -0.15) is 0 Å². The molecule has 2 fully saturated rings. The van der Waals surface area contributed by atoms with E-state index in [0.29, 0.717) is 12.0 Å². The van der Waals surface area contributed by atoms with E-state index in [1.807, 2.05) is 0 Å². The van der Waals surface area contributed by atoms with E-state index in [-0.39, 0.29) is 0 Å². The van der Waals surface area contributed by atoms with Crippen molar-refractivity contribution in [2.75, 3.05) is 6.54 Å². The molecule has 0 radical (unpaired) electrons. The smallest absolute Gasteiger partial charge is 0.0706 e. The molecule has 2 aliphatic rings. The number of hydrogen-bond acceptors (Lipinski definition) is 2. The van der Waals surface area contributed by atoms with Gasteiger partial charge in [0.1, 0.15) is 0 Å². The maximum absolute atomic E-state index is 10.8. The van der Waals surface area contributed by atoms with Gasteiger partial charge in [0, 0.05) is 12.0 Å². The average molecular weight is 231 g/mol. The van der Waals surface area contributed by atoms with Crippen LogP contribution in [0.5, 0.6) is 0 Å². The number of nitrogens with one attached hydrogen (secondary N) is 1. The average Bonchev–Trinajstić information content (AvgIpc) is 2.38. The summed E-state index contributed by atoms with van der Waals surface area (Å²) in [4.78, 5) is 0. The molecule has 3 atom stereocenters. The molecule has 1 aromatic rings. The van der Waals surface area contributed by atoms with E-state index in [0.717, 1.165) is 25.8 Å². The van der Waals surface area contributed by atoms with Crippen molar-refractivity contribution in [2.45, 2.75) is 43.7 Å². The molecule has 1 aliphatic heterocycles. The zero-order valence-corrected chi connectivity index (χ0v) is 10.2. The second kappa shape index (κ2) is 4.43. The van der Waals surface area contributed by atoms with Crippen LogP contribution in [0.25, 0.3) is 0 Å². The largest absolute Gasteiger partial charge is 0.389 e. The highest BCUT2D eigenvalue weighted by molar-refractivity contribution is 5.22. The van der Waals surface area contributed by atoms with Gasteiger partial charge in [-0.1, -0.05) is 43.2 Å². The van der Waals surface area contributed by atoms with Crippen LogP contribution in [-0.2, 0) is 0 Å². The van der Waals surface area contributed by atoms with Crippen LogP contribution in [0.1, 0.15) is 43.7 Å². The minimum atomic E-state index is -0.413. The minimum absolute atomic E-state index is 0.343. The van der Waals surface area contributed by atoms with Crippen molar-refractivity contribution in [3.8, 4) is 0 Å². The monoisotopic (exact) mass is 231 g/mol. The summed E-state index contributed by atoms with van der Waals surface area (Å²) >= 11 is 0. The first kappa shape index (κ1) is 11.2. The number of piperidine rings is 1. The van der Waals surface area contributed by atoms with E-state index in [9.17, 15) is 5.11 Å². The zero-order valence-electron chi connectivity index (χ0n) is 10.2. The topological polar surface area (TPSA) is 32.3 Å². The van der Waals surface area contributed by atoms with Crippen LogP contribution in [0, 0.1) is 5.92 Å². The molecule has 17 heavy (non-hydrogen) atoms. The molecule has 0 aromatic heterocycles. The molecule has 2 N–H and O–H groups in total. The summed E-state index contributed by atoms with van der Waals surface area (Å²) in [5.74, 6) is 0.396. The minimum Gasteiger partial charge on any atom is -0.389 e. The first-order valence-electron chi connectivity index (χ1n) is 6.80. The predicted molar refractivity (Wildman–Crippen MR) is 68.7 cm³/mol. The quantitative estimate of drug-likeness (QED) is 0.778. The normalized spacial score (nSPS) is 37.5. The van der Waals surface area contributed by atoms with E-state index in [4.69, 9.17) is 0 Å². The highest BCUT2D eigenvalue weighted by atomic mass is 16.3. The van der Waals surface area contributed by atoms with Crippen molar-refractivity contribution in [3.63, 3.8) is 0 Å². The van der Waals surface area contributed by atoms with Crippen molar-refractivity contribution in [1.29, 1.82) is 0 Å². The maximum atomic E-state index is 10.8. The molecule has 1 aromatic carbocycles. The van der Waals surface area contributed by atoms with Gasteiger partial charge in [0.05, 0.1) is 5.60 Å². The molecule has 2 nitrogen and oxygen atoms in total. The molecule has 0 unspecified atom stereocenters. The number of aliphatic hydroxyl groups is 1. The summed E-state index contributed by atoms with van der Waals surface area (Å²) in [6, 6.07) is 10.9. The number of rotatable bonds is 1. The highest BCUT2D eigenvalue weighted by Crippen LogP contribution is 2.45. The van der Waals surface area contributed by atoms with E-state index in [1.54, 1.807) is 0 Å². The fourth-order valence-corrected chi connectivity index (χ4v) is 3.63. The fourth-order valence-electron chi connectivity index (χ4n) is 3.63. The van der Waals surface area contributed by atoms with Gasteiger partial charge >= 0.3 is 0 Å². The Labute approximate surface area is 103 Å². The molecule has 0 bridgehead atoms. The van der Waals surface area contributed by atoms with Crippen molar-refractivity contribution >= 4 is 0 Å². The first-order chi connectivity index (χ1) is 8.30. The van der Waals surface area contributed by atoms with Gasteiger partial charge in [-0.25, -0.2) is 0 Å². The summed E-state index contributed by atoms with van der Waals surface area (Å²) in [5, 5.41) is 14.4. The van der Waals surface area contributed by atoms with Gasteiger partial charge in [0.25, 0.3) is 0 Å². The number of hydrogen-bond donors (Lipinski definition) is 2. The van der Waals surface area contributed by atoms with Crippen LogP contribution in [0.15, 0.2) is 30.3 Å². The fraction of sp³-hybridized carbons (Fsp3) is 0.600. The zero-order chi connectivity index (χ0) is 11.7. The molecule has 1 saturated carbocycles. The van der Waals surface area contributed by atoms with Crippen LogP contribution >= 0.6 is 0 Å². The summed E-state index contributed by atoms with van der Waals surface area (Å²) in [6.45, 7) is 0.937. The molecule has 1 heterocycles. The third-order valence-electron chi connectivity index (χ3n) is 4.55. The highest BCUT2D eigenvalue weighted by Gasteiger charge is 2.45. The Balaban J connectivity index is 1.89. The van der Waals surface area contributed by atoms with Gasteiger partial charge in [-0.15, -0.1) is 0 Å². The van der Waals surface area contributed by atoms with Crippen molar-refractivity contribution in [1.82, 2.24) is 5.32 Å². The van der Waals surface area contributed by atoms with E-state index in [1.165, 1.54) is 18.4 Å². The van der Waals surface area contributed by atoms with Gasteiger partial charge in [0.2, 0.25) is 0 Å². The SMILES string of the molecule is O[C@]12CCCC[C@H]1[C@@H](c1ccccc1)NCC2. The number of benzene rings is 1. The molecule has 1 aliphatic carbocycles. The summed E-state index contributed by atoms with van der Waals surface area (Å²) in [7, 11) is 0. The lowest BCUT2D eigenvalue weighted by atomic mass is 9.67. The van der Waals surface area contributed by atoms with Gasteiger partial charge < -0.3 is 10.4 Å². The van der Waals surface area contributed by atoms with Crippen LogP contribution in [0.2, 0.25) is 0 Å². The molecule has 2 heteroatoms. The summed E-state index contributed by atoms with van der Waals surface area (Å²) < 4.78 is 0.